The van der Waals surface area contributed by atoms with Crippen LogP contribution in [0.5, 0.6) is 0 Å². The first-order valence-electron chi connectivity index (χ1n) is 7.24. The second-order valence-electron chi connectivity index (χ2n) is 5.56. The molecule has 110 valence electrons. The number of pyridine rings is 1. The Morgan fingerprint density at radius 1 is 1.30 bits per heavy atom. The number of sulfonamides is 1. The van der Waals surface area contributed by atoms with Gasteiger partial charge in [-0.05, 0) is 31.4 Å². The molecular weight excluding hydrogens is 274 g/mol. The lowest BCUT2D eigenvalue weighted by Crippen LogP contribution is -2.40. The summed E-state index contributed by atoms with van der Waals surface area (Å²) in [6.45, 7) is 4.25. The van der Waals surface area contributed by atoms with Gasteiger partial charge in [0.1, 0.15) is 0 Å². The second-order valence-corrected chi connectivity index (χ2v) is 7.77. The van der Waals surface area contributed by atoms with Crippen molar-refractivity contribution in [1.82, 2.24) is 14.2 Å². The lowest BCUT2D eigenvalue weighted by atomic mass is 10.1. The zero-order valence-corrected chi connectivity index (χ0v) is 12.6. The summed E-state index contributed by atoms with van der Waals surface area (Å²) in [5, 5.41) is 0. The van der Waals surface area contributed by atoms with E-state index in [4.69, 9.17) is 0 Å². The maximum absolute atomic E-state index is 12.1. The first kappa shape index (κ1) is 14.0. The van der Waals surface area contributed by atoms with Crippen molar-refractivity contribution in [3.8, 4) is 0 Å². The normalized spacial score (nSPS) is 27.9. The van der Waals surface area contributed by atoms with Crippen LogP contribution in [0.15, 0.2) is 24.5 Å². The predicted octanol–water partition coefficient (Wildman–Crippen LogP) is 1.08. The van der Waals surface area contributed by atoms with Crippen LogP contribution < -0.4 is 0 Å². The van der Waals surface area contributed by atoms with Crippen LogP contribution in [0.3, 0.4) is 0 Å². The summed E-state index contributed by atoms with van der Waals surface area (Å²) in [6.07, 6.45) is 5.57. The Balaban J connectivity index is 1.71. The fraction of sp³-hybridized carbons (Fsp3) is 0.643. The minimum absolute atomic E-state index is 0.177. The molecule has 0 spiro atoms. The van der Waals surface area contributed by atoms with Crippen LogP contribution in [-0.4, -0.2) is 53.5 Å². The van der Waals surface area contributed by atoms with E-state index in [0.29, 0.717) is 12.6 Å². The van der Waals surface area contributed by atoms with Gasteiger partial charge in [-0.25, -0.2) is 8.42 Å². The Kier molecular flexibility index (Phi) is 3.79. The van der Waals surface area contributed by atoms with Gasteiger partial charge in [0.25, 0.3) is 0 Å². The van der Waals surface area contributed by atoms with Gasteiger partial charge < -0.3 is 0 Å². The molecule has 5 nitrogen and oxygen atoms in total. The number of nitrogens with zero attached hydrogens (tertiary/aromatic N) is 3. The number of hydrogen-bond acceptors (Lipinski definition) is 4. The van der Waals surface area contributed by atoms with Crippen molar-refractivity contribution in [2.24, 2.45) is 0 Å². The molecule has 2 fully saturated rings. The summed E-state index contributed by atoms with van der Waals surface area (Å²) in [5.41, 5.74) is 1.20. The van der Waals surface area contributed by atoms with Crippen LogP contribution in [0.25, 0.3) is 0 Å². The van der Waals surface area contributed by atoms with E-state index in [1.54, 1.807) is 17.4 Å². The molecule has 0 aliphatic carbocycles. The molecule has 0 aromatic carbocycles. The first-order valence-corrected chi connectivity index (χ1v) is 8.85. The van der Waals surface area contributed by atoms with Crippen LogP contribution in [0.1, 0.15) is 25.3 Å². The van der Waals surface area contributed by atoms with Gasteiger partial charge in [-0.15, -0.1) is 0 Å². The maximum Gasteiger partial charge on any atom is 0.214 e. The fourth-order valence-electron chi connectivity index (χ4n) is 3.47. The van der Waals surface area contributed by atoms with Gasteiger partial charge in [0.05, 0.1) is 5.75 Å². The number of rotatable bonds is 4. The molecule has 0 bridgehead atoms. The lowest BCUT2D eigenvalue weighted by molar-refractivity contribution is 0.240. The third kappa shape index (κ3) is 2.47. The molecule has 3 heterocycles. The average Bonchev–Trinajstić information content (AvgIpc) is 3.03. The van der Waals surface area contributed by atoms with Crippen LogP contribution >= 0.6 is 0 Å². The van der Waals surface area contributed by atoms with Crippen LogP contribution in [-0.2, 0) is 16.6 Å². The standard InChI is InChI=1S/C14H21N3O2S/c1-2-20(18,19)17-9-6-13-14(17)5-8-16(13)11-12-4-3-7-15-10-12/h3-4,7,10,13-14H,2,5-6,8-9,11H2,1H3/t13-,14+/m1/s1. The van der Waals surface area contributed by atoms with Crippen molar-refractivity contribution < 1.29 is 8.42 Å². The van der Waals surface area contributed by atoms with E-state index >= 15 is 0 Å². The molecule has 0 amide bonds. The van der Waals surface area contributed by atoms with Crippen LogP contribution in [0, 0.1) is 0 Å². The monoisotopic (exact) mass is 295 g/mol. The zero-order chi connectivity index (χ0) is 14.2. The molecule has 0 N–H and O–H groups in total. The topological polar surface area (TPSA) is 53.5 Å². The summed E-state index contributed by atoms with van der Waals surface area (Å²) in [4.78, 5) is 6.56. The molecule has 1 aromatic rings. The average molecular weight is 295 g/mol. The van der Waals surface area contributed by atoms with Crippen molar-refractivity contribution in [2.75, 3.05) is 18.8 Å². The molecule has 2 aliphatic rings. The van der Waals surface area contributed by atoms with Crippen molar-refractivity contribution in [3.63, 3.8) is 0 Å². The molecule has 0 saturated carbocycles. The zero-order valence-electron chi connectivity index (χ0n) is 11.8. The summed E-state index contributed by atoms with van der Waals surface area (Å²) in [7, 11) is -3.05. The third-order valence-corrected chi connectivity index (χ3v) is 6.37. The van der Waals surface area contributed by atoms with Gasteiger partial charge in [-0.2, -0.15) is 4.31 Å². The smallest absolute Gasteiger partial charge is 0.214 e. The third-order valence-electron chi connectivity index (χ3n) is 4.47. The van der Waals surface area contributed by atoms with E-state index in [2.05, 4.69) is 16.0 Å². The minimum atomic E-state index is -3.05. The number of hydrogen-bond donors (Lipinski definition) is 0. The van der Waals surface area contributed by atoms with Gasteiger partial charge in [0.2, 0.25) is 10.0 Å². The highest BCUT2D eigenvalue weighted by Crippen LogP contribution is 2.34. The van der Waals surface area contributed by atoms with E-state index in [1.807, 2.05) is 12.3 Å². The molecule has 0 unspecified atom stereocenters. The highest BCUT2D eigenvalue weighted by Gasteiger charge is 2.46. The van der Waals surface area contributed by atoms with Gasteiger partial charge in [0.15, 0.2) is 0 Å². The molecular formula is C14H21N3O2S. The molecule has 2 aliphatic heterocycles. The molecule has 2 atom stereocenters. The minimum Gasteiger partial charge on any atom is -0.294 e. The van der Waals surface area contributed by atoms with E-state index in [1.165, 1.54) is 5.56 Å². The Hall–Kier alpha value is -0.980. The number of fused-ring (bicyclic) bond motifs is 1. The Morgan fingerprint density at radius 2 is 2.10 bits per heavy atom. The highest BCUT2D eigenvalue weighted by atomic mass is 32.2. The van der Waals surface area contributed by atoms with Gasteiger partial charge in [-0.3, -0.25) is 9.88 Å². The molecule has 0 radical (unpaired) electrons. The van der Waals surface area contributed by atoms with E-state index in [9.17, 15) is 8.42 Å². The predicted molar refractivity (Wildman–Crippen MR) is 77.6 cm³/mol. The molecule has 20 heavy (non-hydrogen) atoms. The van der Waals surface area contributed by atoms with Crippen molar-refractivity contribution in [3.05, 3.63) is 30.1 Å². The number of likely N-dealkylation sites (tertiary alicyclic amines) is 1. The van der Waals surface area contributed by atoms with E-state index < -0.39 is 10.0 Å². The summed E-state index contributed by atoms with van der Waals surface area (Å²) >= 11 is 0. The number of aromatic nitrogens is 1. The summed E-state index contributed by atoms with van der Waals surface area (Å²) < 4.78 is 26.0. The van der Waals surface area contributed by atoms with Crippen molar-refractivity contribution in [2.45, 2.75) is 38.4 Å². The van der Waals surface area contributed by atoms with E-state index in [-0.39, 0.29) is 11.8 Å². The summed E-state index contributed by atoms with van der Waals surface area (Å²) in [6, 6.07) is 4.58. The molecule has 1 aromatic heterocycles. The first-order chi connectivity index (χ1) is 9.62. The fourth-order valence-corrected chi connectivity index (χ4v) is 4.84. The van der Waals surface area contributed by atoms with Crippen molar-refractivity contribution >= 4 is 10.0 Å². The van der Waals surface area contributed by atoms with Crippen LogP contribution in [0.4, 0.5) is 0 Å². The largest absolute Gasteiger partial charge is 0.294 e. The molecule has 6 heteroatoms. The van der Waals surface area contributed by atoms with Gasteiger partial charge >= 0.3 is 0 Å². The molecule has 2 saturated heterocycles. The molecule has 3 rings (SSSR count). The van der Waals surface area contributed by atoms with Gasteiger partial charge in [0, 0.05) is 44.1 Å². The van der Waals surface area contributed by atoms with Crippen LogP contribution in [0.2, 0.25) is 0 Å². The SMILES string of the molecule is CCS(=O)(=O)N1CC[C@@H]2[C@@H]1CCN2Cc1cccnc1. The quantitative estimate of drug-likeness (QED) is 0.834. The van der Waals surface area contributed by atoms with Crippen molar-refractivity contribution in [1.29, 1.82) is 0 Å². The summed E-state index contributed by atoms with van der Waals surface area (Å²) in [5.74, 6) is 0.207. The second kappa shape index (κ2) is 5.42. The van der Waals surface area contributed by atoms with E-state index in [0.717, 1.165) is 25.9 Å². The Morgan fingerprint density at radius 3 is 2.80 bits per heavy atom. The Bertz CT molecular complexity index is 561. The Labute approximate surface area is 120 Å². The highest BCUT2D eigenvalue weighted by molar-refractivity contribution is 7.89. The maximum atomic E-state index is 12.1. The van der Waals surface area contributed by atoms with Gasteiger partial charge in [-0.1, -0.05) is 6.07 Å². The lowest BCUT2D eigenvalue weighted by Gasteiger charge is -2.25.